The third-order valence-electron chi connectivity index (χ3n) is 3.63. The Morgan fingerprint density at radius 1 is 1.36 bits per heavy atom. The van der Waals surface area contributed by atoms with Gasteiger partial charge in [0, 0.05) is 19.2 Å². The Balaban J connectivity index is 0.00000441. The zero-order valence-electron chi connectivity index (χ0n) is 13.2. The molecule has 124 valence electrons. The van der Waals surface area contributed by atoms with Crippen molar-refractivity contribution in [2.75, 3.05) is 11.9 Å². The van der Waals surface area contributed by atoms with Crippen LogP contribution in [0.1, 0.15) is 38.1 Å². The second-order valence-corrected chi connectivity index (χ2v) is 5.61. The van der Waals surface area contributed by atoms with Gasteiger partial charge in [-0.25, -0.2) is 4.39 Å². The molecule has 0 bridgehead atoms. The van der Waals surface area contributed by atoms with Crippen LogP contribution in [0.3, 0.4) is 0 Å². The number of nitrogens with two attached hydrogens (primary N) is 1. The van der Waals surface area contributed by atoms with Gasteiger partial charge in [0.2, 0.25) is 5.91 Å². The second kappa shape index (κ2) is 8.10. The maximum absolute atomic E-state index is 13.8. The van der Waals surface area contributed by atoms with Crippen LogP contribution in [0.25, 0.3) is 0 Å². The first kappa shape index (κ1) is 20.3. The molecule has 0 aliphatic heterocycles. The van der Waals surface area contributed by atoms with Crippen LogP contribution < -0.4 is 16.4 Å². The minimum Gasteiger partial charge on any atom is -0.345 e. The number of amides is 2. The van der Waals surface area contributed by atoms with Crippen molar-refractivity contribution in [1.82, 2.24) is 5.32 Å². The minimum atomic E-state index is -0.648. The normalized spacial score (nSPS) is 13.0. The number of halogens is 2. The number of hydrogen-bond acceptors (Lipinski definition) is 3. The van der Waals surface area contributed by atoms with Crippen LogP contribution in [0.15, 0.2) is 18.2 Å². The number of nitrogens with one attached hydrogen (secondary N) is 2. The van der Waals surface area contributed by atoms with E-state index < -0.39 is 17.3 Å². The Morgan fingerprint density at radius 3 is 2.41 bits per heavy atom. The summed E-state index contributed by atoms with van der Waals surface area (Å²) in [7, 11) is 0. The van der Waals surface area contributed by atoms with Gasteiger partial charge in [-0.1, -0.05) is 13.8 Å². The monoisotopic (exact) mass is 331 g/mol. The van der Waals surface area contributed by atoms with Crippen LogP contribution >= 0.6 is 12.4 Å². The third-order valence-corrected chi connectivity index (χ3v) is 3.63. The number of benzene rings is 1. The van der Waals surface area contributed by atoms with Gasteiger partial charge in [-0.15, -0.1) is 12.4 Å². The summed E-state index contributed by atoms with van der Waals surface area (Å²) in [5.74, 6) is -1.40. The van der Waals surface area contributed by atoms with Gasteiger partial charge in [0.05, 0.1) is 11.1 Å². The Morgan fingerprint density at radius 2 is 1.95 bits per heavy atom. The van der Waals surface area contributed by atoms with Gasteiger partial charge in [0.1, 0.15) is 5.82 Å². The van der Waals surface area contributed by atoms with E-state index in [0.29, 0.717) is 5.69 Å². The maximum Gasteiger partial charge on any atom is 0.254 e. The molecule has 7 heteroatoms. The molecule has 0 heterocycles. The first-order valence-corrected chi connectivity index (χ1v) is 6.79. The first-order valence-electron chi connectivity index (χ1n) is 6.79. The summed E-state index contributed by atoms with van der Waals surface area (Å²) in [5, 5.41) is 5.28. The standard InChI is InChI=1S/C15H22FN3O2.ClH/c1-9(2)15(4,8-17)19-14(21)12-7-11(18-10(3)20)5-6-13(12)16;/h5-7,9H,8,17H2,1-4H3,(H,18,20)(H,19,21);1H. The zero-order chi connectivity index (χ0) is 16.2. The van der Waals surface area contributed by atoms with E-state index in [4.69, 9.17) is 5.73 Å². The summed E-state index contributed by atoms with van der Waals surface area (Å²) >= 11 is 0. The highest BCUT2D eigenvalue weighted by Crippen LogP contribution is 2.19. The molecule has 0 spiro atoms. The van der Waals surface area contributed by atoms with E-state index >= 15 is 0 Å². The fraction of sp³-hybridized carbons (Fsp3) is 0.467. The van der Waals surface area contributed by atoms with Crippen molar-refractivity contribution in [3.63, 3.8) is 0 Å². The maximum atomic E-state index is 13.8. The van der Waals surface area contributed by atoms with Crippen molar-refractivity contribution in [1.29, 1.82) is 0 Å². The van der Waals surface area contributed by atoms with E-state index in [-0.39, 0.29) is 36.3 Å². The number of hydrogen-bond donors (Lipinski definition) is 3. The second-order valence-electron chi connectivity index (χ2n) is 5.61. The van der Waals surface area contributed by atoms with Crippen LogP contribution in [0.2, 0.25) is 0 Å². The van der Waals surface area contributed by atoms with Crippen LogP contribution in [0.4, 0.5) is 10.1 Å². The lowest BCUT2D eigenvalue weighted by Gasteiger charge is -2.33. The Bertz CT molecular complexity index is 552. The fourth-order valence-electron chi connectivity index (χ4n) is 1.74. The predicted molar refractivity (Wildman–Crippen MR) is 87.7 cm³/mol. The SMILES string of the molecule is CC(=O)Nc1ccc(F)c(C(=O)NC(C)(CN)C(C)C)c1.Cl. The van der Waals surface area contributed by atoms with E-state index in [0.717, 1.165) is 6.07 Å². The van der Waals surface area contributed by atoms with E-state index in [1.165, 1.54) is 19.1 Å². The third kappa shape index (κ3) is 4.96. The van der Waals surface area contributed by atoms with Gasteiger partial charge in [0.25, 0.3) is 5.91 Å². The Labute approximate surface area is 136 Å². The average Bonchev–Trinajstić information content (AvgIpc) is 2.39. The molecule has 22 heavy (non-hydrogen) atoms. The summed E-state index contributed by atoms with van der Waals surface area (Å²) in [5.41, 5.74) is 5.32. The molecule has 0 fully saturated rings. The molecule has 1 atom stereocenters. The lowest BCUT2D eigenvalue weighted by Crippen LogP contribution is -2.55. The number of anilines is 1. The molecule has 0 aromatic heterocycles. The molecule has 0 aliphatic rings. The van der Waals surface area contributed by atoms with Crippen LogP contribution in [-0.2, 0) is 4.79 Å². The molecule has 1 aromatic carbocycles. The summed E-state index contributed by atoms with van der Waals surface area (Å²) < 4.78 is 13.8. The quantitative estimate of drug-likeness (QED) is 0.774. The molecule has 1 aromatic rings. The number of carbonyl (C=O) groups excluding carboxylic acids is 2. The van der Waals surface area contributed by atoms with E-state index in [1.54, 1.807) is 0 Å². The topological polar surface area (TPSA) is 84.2 Å². The van der Waals surface area contributed by atoms with Crippen LogP contribution in [0, 0.1) is 11.7 Å². The average molecular weight is 332 g/mol. The van der Waals surface area contributed by atoms with E-state index in [9.17, 15) is 14.0 Å². The van der Waals surface area contributed by atoms with Crippen molar-refractivity contribution in [2.24, 2.45) is 11.7 Å². The number of carbonyl (C=O) groups is 2. The minimum absolute atomic E-state index is 0. The van der Waals surface area contributed by atoms with E-state index in [1.807, 2.05) is 20.8 Å². The molecular weight excluding hydrogens is 309 g/mol. The molecule has 0 radical (unpaired) electrons. The first-order chi connectivity index (χ1) is 9.69. The smallest absolute Gasteiger partial charge is 0.254 e. The lowest BCUT2D eigenvalue weighted by atomic mass is 9.88. The number of rotatable bonds is 5. The van der Waals surface area contributed by atoms with Gasteiger partial charge in [-0.05, 0) is 31.0 Å². The van der Waals surface area contributed by atoms with Gasteiger partial charge >= 0.3 is 0 Å². The van der Waals surface area contributed by atoms with Gasteiger partial charge in [-0.2, -0.15) is 0 Å². The van der Waals surface area contributed by atoms with Crippen LogP contribution in [-0.4, -0.2) is 23.9 Å². The molecule has 2 amide bonds. The van der Waals surface area contributed by atoms with Crippen molar-refractivity contribution in [3.05, 3.63) is 29.6 Å². The van der Waals surface area contributed by atoms with Crippen molar-refractivity contribution < 1.29 is 14.0 Å². The molecule has 4 N–H and O–H groups in total. The van der Waals surface area contributed by atoms with Crippen LogP contribution in [0.5, 0.6) is 0 Å². The molecule has 0 saturated carbocycles. The molecule has 1 rings (SSSR count). The lowest BCUT2D eigenvalue weighted by molar-refractivity contribution is -0.114. The molecule has 5 nitrogen and oxygen atoms in total. The largest absolute Gasteiger partial charge is 0.345 e. The molecule has 0 aliphatic carbocycles. The summed E-state index contributed by atoms with van der Waals surface area (Å²) in [6.07, 6.45) is 0. The predicted octanol–water partition coefficient (Wildman–Crippen LogP) is 2.31. The highest BCUT2D eigenvalue weighted by Gasteiger charge is 2.29. The van der Waals surface area contributed by atoms with E-state index in [2.05, 4.69) is 10.6 Å². The van der Waals surface area contributed by atoms with Crippen molar-refractivity contribution in [3.8, 4) is 0 Å². The summed E-state index contributed by atoms with van der Waals surface area (Å²) in [6, 6.07) is 3.86. The van der Waals surface area contributed by atoms with Gasteiger partial charge < -0.3 is 16.4 Å². The van der Waals surface area contributed by atoms with Gasteiger partial charge in [-0.3, -0.25) is 9.59 Å². The summed E-state index contributed by atoms with van der Waals surface area (Å²) in [6.45, 7) is 7.25. The Kier molecular flexibility index (Phi) is 7.49. The molecule has 1 unspecified atom stereocenters. The highest BCUT2D eigenvalue weighted by atomic mass is 35.5. The van der Waals surface area contributed by atoms with Crippen molar-refractivity contribution >= 4 is 29.9 Å². The van der Waals surface area contributed by atoms with Crippen molar-refractivity contribution in [2.45, 2.75) is 33.2 Å². The highest BCUT2D eigenvalue weighted by molar-refractivity contribution is 5.97. The fourth-order valence-corrected chi connectivity index (χ4v) is 1.74. The Hall–Kier alpha value is -1.66. The molecular formula is C15H23ClFN3O2. The van der Waals surface area contributed by atoms with Gasteiger partial charge in [0.15, 0.2) is 0 Å². The zero-order valence-corrected chi connectivity index (χ0v) is 14.0. The summed E-state index contributed by atoms with van der Waals surface area (Å²) in [4.78, 5) is 23.3. The molecule has 0 saturated heterocycles.